The maximum atomic E-state index is 5.80. The topological polar surface area (TPSA) is 29.3 Å². The summed E-state index contributed by atoms with van der Waals surface area (Å²) in [7, 11) is 0. The van der Waals surface area contributed by atoms with Crippen LogP contribution >= 0.6 is 15.9 Å². The fourth-order valence-corrected chi connectivity index (χ4v) is 2.22. The smallest absolute Gasteiger partial charge is 0.0328 e. The Morgan fingerprint density at radius 3 is 2.47 bits per heavy atom. The van der Waals surface area contributed by atoms with E-state index in [1.54, 1.807) is 0 Å². The minimum atomic E-state index is 0.565. The molecular formula is C12H19BrN2. The molecule has 1 aromatic carbocycles. The van der Waals surface area contributed by atoms with E-state index >= 15 is 0 Å². The zero-order valence-corrected chi connectivity index (χ0v) is 11.2. The summed E-state index contributed by atoms with van der Waals surface area (Å²) < 4.78 is 1.05. The summed E-state index contributed by atoms with van der Waals surface area (Å²) in [6.45, 7) is 8.62. The molecule has 0 bridgehead atoms. The monoisotopic (exact) mass is 270 g/mol. The maximum Gasteiger partial charge on any atom is 0.0328 e. The lowest BCUT2D eigenvalue weighted by atomic mass is 10.1. The van der Waals surface area contributed by atoms with Crippen LogP contribution in [0.5, 0.6) is 0 Å². The van der Waals surface area contributed by atoms with Crippen LogP contribution in [0.25, 0.3) is 0 Å². The third kappa shape index (κ3) is 3.84. The summed E-state index contributed by atoms with van der Waals surface area (Å²) >= 11 is 3.46. The van der Waals surface area contributed by atoms with Gasteiger partial charge in [0.2, 0.25) is 0 Å². The van der Waals surface area contributed by atoms with Gasteiger partial charge in [-0.15, -0.1) is 0 Å². The van der Waals surface area contributed by atoms with Gasteiger partial charge in [0, 0.05) is 22.7 Å². The molecule has 0 fully saturated rings. The van der Waals surface area contributed by atoms with Crippen LogP contribution in [-0.2, 0) is 6.54 Å². The summed E-state index contributed by atoms with van der Waals surface area (Å²) in [4.78, 5) is 2.40. The average Bonchev–Trinajstić information content (AvgIpc) is 2.12. The Morgan fingerprint density at radius 1 is 1.33 bits per heavy atom. The van der Waals surface area contributed by atoms with Gasteiger partial charge in [0.15, 0.2) is 0 Å². The van der Waals surface area contributed by atoms with Crippen molar-refractivity contribution < 1.29 is 0 Å². The molecule has 0 aromatic heterocycles. The van der Waals surface area contributed by atoms with Crippen LogP contribution in [0.3, 0.4) is 0 Å². The predicted molar refractivity (Wildman–Crippen MR) is 69.8 cm³/mol. The lowest BCUT2D eigenvalue weighted by Gasteiger charge is -2.24. The second kappa shape index (κ2) is 5.52. The normalized spacial score (nSPS) is 11.3. The Balaban J connectivity index is 2.79. The molecular weight excluding hydrogens is 252 g/mol. The number of anilines is 1. The van der Waals surface area contributed by atoms with Gasteiger partial charge in [-0.3, -0.25) is 4.90 Å². The molecule has 0 saturated carbocycles. The van der Waals surface area contributed by atoms with Gasteiger partial charge in [0.1, 0.15) is 0 Å². The Labute approximate surface area is 101 Å². The largest absolute Gasteiger partial charge is 0.399 e. The van der Waals surface area contributed by atoms with Crippen molar-refractivity contribution in [3.63, 3.8) is 0 Å². The van der Waals surface area contributed by atoms with Gasteiger partial charge in [-0.05, 0) is 44.2 Å². The van der Waals surface area contributed by atoms with Crippen LogP contribution in [0.2, 0.25) is 0 Å². The molecule has 15 heavy (non-hydrogen) atoms. The first-order valence-corrected chi connectivity index (χ1v) is 6.11. The van der Waals surface area contributed by atoms with Crippen molar-refractivity contribution in [3.05, 3.63) is 28.2 Å². The third-order valence-corrected chi connectivity index (χ3v) is 2.96. The maximum absolute atomic E-state index is 5.80. The summed E-state index contributed by atoms with van der Waals surface area (Å²) in [5, 5.41) is 0. The van der Waals surface area contributed by atoms with E-state index in [-0.39, 0.29) is 0 Å². The van der Waals surface area contributed by atoms with E-state index in [1.165, 1.54) is 5.56 Å². The summed E-state index contributed by atoms with van der Waals surface area (Å²) in [5.41, 5.74) is 7.88. The predicted octanol–water partition coefficient (Wildman–Crippen LogP) is 3.26. The van der Waals surface area contributed by atoms with Crippen molar-refractivity contribution in [1.82, 2.24) is 4.90 Å². The van der Waals surface area contributed by atoms with Gasteiger partial charge in [-0.1, -0.05) is 22.9 Å². The zero-order chi connectivity index (χ0) is 11.4. The van der Waals surface area contributed by atoms with Crippen LogP contribution in [0.1, 0.15) is 26.3 Å². The highest BCUT2D eigenvalue weighted by atomic mass is 79.9. The van der Waals surface area contributed by atoms with Crippen LogP contribution in [-0.4, -0.2) is 17.5 Å². The number of rotatable bonds is 4. The Bertz CT molecular complexity index is 303. The Kier molecular flexibility index (Phi) is 4.61. The van der Waals surface area contributed by atoms with Crippen molar-refractivity contribution in [2.45, 2.75) is 33.4 Å². The first kappa shape index (κ1) is 12.5. The van der Waals surface area contributed by atoms with Gasteiger partial charge in [0.25, 0.3) is 0 Å². The van der Waals surface area contributed by atoms with E-state index in [4.69, 9.17) is 5.73 Å². The number of hydrogen-bond acceptors (Lipinski definition) is 2. The second-order valence-corrected chi connectivity index (χ2v) is 4.97. The Hall–Kier alpha value is -0.540. The highest BCUT2D eigenvalue weighted by Crippen LogP contribution is 2.19. The molecule has 0 aliphatic carbocycles. The minimum Gasteiger partial charge on any atom is -0.399 e. The van der Waals surface area contributed by atoms with E-state index < -0.39 is 0 Å². The first-order valence-electron chi connectivity index (χ1n) is 5.32. The van der Waals surface area contributed by atoms with Crippen LogP contribution in [0.4, 0.5) is 5.69 Å². The van der Waals surface area contributed by atoms with Crippen molar-refractivity contribution in [2.24, 2.45) is 0 Å². The molecule has 0 unspecified atom stereocenters. The summed E-state index contributed by atoms with van der Waals surface area (Å²) in [5.74, 6) is 0. The lowest BCUT2D eigenvalue weighted by molar-refractivity contribution is 0.225. The molecule has 0 aliphatic heterocycles. The van der Waals surface area contributed by atoms with E-state index in [1.807, 2.05) is 12.1 Å². The van der Waals surface area contributed by atoms with Crippen molar-refractivity contribution in [3.8, 4) is 0 Å². The van der Waals surface area contributed by atoms with Crippen molar-refractivity contribution in [2.75, 3.05) is 12.3 Å². The molecule has 2 N–H and O–H groups in total. The summed E-state index contributed by atoms with van der Waals surface area (Å²) in [6.07, 6.45) is 0. The number of nitrogens with two attached hydrogens (primary N) is 1. The number of benzene rings is 1. The average molecular weight is 271 g/mol. The van der Waals surface area contributed by atoms with Crippen LogP contribution < -0.4 is 5.73 Å². The van der Waals surface area contributed by atoms with E-state index in [2.05, 4.69) is 47.7 Å². The highest BCUT2D eigenvalue weighted by Gasteiger charge is 2.08. The van der Waals surface area contributed by atoms with E-state index in [0.29, 0.717) is 6.04 Å². The number of nitrogens with zero attached hydrogens (tertiary/aromatic N) is 1. The van der Waals surface area contributed by atoms with Gasteiger partial charge >= 0.3 is 0 Å². The summed E-state index contributed by atoms with van der Waals surface area (Å²) in [6, 6.07) is 6.65. The van der Waals surface area contributed by atoms with E-state index in [9.17, 15) is 0 Å². The molecule has 84 valence electrons. The SMILES string of the molecule is CCN(Cc1cc(N)cc(Br)c1)C(C)C. The highest BCUT2D eigenvalue weighted by molar-refractivity contribution is 9.10. The van der Waals surface area contributed by atoms with E-state index in [0.717, 1.165) is 23.2 Å². The molecule has 0 atom stereocenters. The number of halogens is 1. The second-order valence-electron chi connectivity index (χ2n) is 4.05. The number of nitrogen functional groups attached to an aromatic ring is 1. The molecule has 0 radical (unpaired) electrons. The van der Waals surface area contributed by atoms with Gasteiger partial charge in [-0.25, -0.2) is 0 Å². The fraction of sp³-hybridized carbons (Fsp3) is 0.500. The molecule has 1 aromatic rings. The fourth-order valence-electron chi connectivity index (χ4n) is 1.66. The van der Waals surface area contributed by atoms with Crippen LogP contribution in [0.15, 0.2) is 22.7 Å². The molecule has 0 aliphatic rings. The Morgan fingerprint density at radius 2 is 2.00 bits per heavy atom. The molecule has 3 heteroatoms. The van der Waals surface area contributed by atoms with Crippen molar-refractivity contribution >= 4 is 21.6 Å². The molecule has 2 nitrogen and oxygen atoms in total. The molecule has 0 spiro atoms. The first-order chi connectivity index (χ1) is 7.02. The van der Waals surface area contributed by atoms with Crippen molar-refractivity contribution in [1.29, 1.82) is 0 Å². The van der Waals surface area contributed by atoms with Gasteiger partial charge in [-0.2, -0.15) is 0 Å². The zero-order valence-electron chi connectivity index (χ0n) is 9.63. The third-order valence-electron chi connectivity index (χ3n) is 2.50. The molecule has 0 heterocycles. The molecule has 0 amide bonds. The van der Waals surface area contributed by atoms with Crippen LogP contribution in [0, 0.1) is 0 Å². The quantitative estimate of drug-likeness (QED) is 0.852. The minimum absolute atomic E-state index is 0.565. The van der Waals surface area contributed by atoms with Gasteiger partial charge < -0.3 is 5.73 Å². The van der Waals surface area contributed by atoms with Gasteiger partial charge in [0.05, 0.1) is 0 Å². The number of hydrogen-bond donors (Lipinski definition) is 1. The standard InChI is InChI=1S/C12H19BrN2/c1-4-15(9(2)3)8-10-5-11(13)7-12(14)6-10/h5-7,9H,4,8,14H2,1-3H3. The molecule has 0 saturated heterocycles. The lowest BCUT2D eigenvalue weighted by Crippen LogP contribution is -2.29. The molecule has 1 rings (SSSR count).